The predicted molar refractivity (Wildman–Crippen MR) is 78.4 cm³/mol. The highest BCUT2D eigenvalue weighted by Crippen LogP contribution is 2.25. The summed E-state index contributed by atoms with van der Waals surface area (Å²) in [5.74, 6) is 0. The lowest BCUT2D eigenvalue weighted by Gasteiger charge is -2.29. The summed E-state index contributed by atoms with van der Waals surface area (Å²) in [7, 11) is 0. The average molecular weight is 244 g/mol. The van der Waals surface area contributed by atoms with Crippen molar-refractivity contribution in [3.05, 3.63) is 24.3 Å². The molecule has 1 saturated carbocycles. The van der Waals surface area contributed by atoms with Crippen molar-refractivity contribution in [1.82, 2.24) is 0 Å². The van der Waals surface area contributed by atoms with Gasteiger partial charge in [-0.05, 0) is 56.4 Å². The third-order valence-electron chi connectivity index (χ3n) is 4.31. The molecule has 1 aliphatic heterocycles. The van der Waals surface area contributed by atoms with Crippen molar-refractivity contribution in [2.75, 3.05) is 23.3 Å². The maximum Gasteiger partial charge on any atom is 0.0367 e. The summed E-state index contributed by atoms with van der Waals surface area (Å²) in [4.78, 5) is 2.52. The molecule has 1 heterocycles. The van der Waals surface area contributed by atoms with E-state index in [1.807, 2.05) is 0 Å². The Morgan fingerprint density at radius 3 is 2.17 bits per heavy atom. The summed E-state index contributed by atoms with van der Waals surface area (Å²) in [5, 5.41) is 3.65. The van der Waals surface area contributed by atoms with Gasteiger partial charge in [0, 0.05) is 30.5 Å². The van der Waals surface area contributed by atoms with Crippen LogP contribution >= 0.6 is 0 Å². The van der Waals surface area contributed by atoms with Crippen LogP contribution < -0.4 is 10.2 Å². The van der Waals surface area contributed by atoms with Gasteiger partial charge in [0.15, 0.2) is 0 Å². The van der Waals surface area contributed by atoms with Gasteiger partial charge < -0.3 is 10.2 Å². The SMILES string of the molecule is c1cc(N2CCCCC2)ccc1NC1CCCC1. The number of hydrogen-bond acceptors (Lipinski definition) is 2. The van der Waals surface area contributed by atoms with Crippen LogP contribution in [0.15, 0.2) is 24.3 Å². The van der Waals surface area contributed by atoms with Gasteiger partial charge in [0.1, 0.15) is 0 Å². The quantitative estimate of drug-likeness (QED) is 0.863. The van der Waals surface area contributed by atoms with Crippen molar-refractivity contribution < 1.29 is 0 Å². The monoisotopic (exact) mass is 244 g/mol. The molecule has 0 amide bonds. The first-order chi connectivity index (χ1) is 8.92. The largest absolute Gasteiger partial charge is 0.382 e. The van der Waals surface area contributed by atoms with Crippen molar-refractivity contribution in [2.24, 2.45) is 0 Å². The minimum Gasteiger partial charge on any atom is -0.382 e. The number of hydrogen-bond donors (Lipinski definition) is 1. The van der Waals surface area contributed by atoms with E-state index in [2.05, 4.69) is 34.5 Å². The molecular weight excluding hydrogens is 220 g/mol. The molecule has 2 fully saturated rings. The molecule has 0 atom stereocenters. The van der Waals surface area contributed by atoms with Gasteiger partial charge in [0.2, 0.25) is 0 Å². The van der Waals surface area contributed by atoms with Crippen LogP contribution in [0.4, 0.5) is 11.4 Å². The molecule has 1 aliphatic carbocycles. The van der Waals surface area contributed by atoms with Gasteiger partial charge in [0.25, 0.3) is 0 Å². The standard InChI is InChI=1S/C16H24N2/c1-4-12-18(13-5-1)16-10-8-15(9-11-16)17-14-6-2-3-7-14/h8-11,14,17H,1-7,12-13H2. The van der Waals surface area contributed by atoms with Gasteiger partial charge >= 0.3 is 0 Å². The van der Waals surface area contributed by atoms with Crippen molar-refractivity contribution >= 4 is 11.4 Å². The topological polar surface area (TPSA) is 15.3 Å². The highest BCUT2D eigenvalue weighted by molar-refractivity contribution is 5.55. The lowest BCUT2D eigenvalue weighted by atomic mass is 10.1. The van der Waals surface area contributed by atoms with E-state index in [1.165, 1.54) is 69.4 Å². The Kier molecular flexibility index (Phi) is 3.72. The molecule has 1 aromatic rings. The van der Waals surface area contributed by atoms with Crippen LogP contribution in [-0.4, -0.2) is 19.1 Å². The fourth-order valence-corrected chi connectivity index (χ4v) is 3.23. The molecule has 98 valence electrons. The molecule has 18 heavy (non-hydrogen) atoms. The van der Waals surface area contributed by atoms with Gasteiger partial charge in [-0.25, -0.2) is 0 Å². The van der Waals surface area contributed by atoms with Crippen molar-refractivity contribution in [3.63, 3.8) is 0 Å². The maximum atomic E-state index is 3.65. The minimum atomic E-state index is 0.714. The number of piperidine rings is 1. The molecule has 2 aliphatic rings. The first-order valence-electron chi connectivity index (χ1n) is 7.53. The van der Waals surface area contributed by atoms with E-state index in [0.717, 1.165) is 0 Å². The number of benzene rings is 1. The molecule has 0 radical (unpaired) electrons. The zero-order valence-corrected chi connectivity index (χ0v) is 11.2. The molecule has 1 aromatic carbocycles. The number of rotatable bonds is 3. The Hall–Kier alpha value is -1.18. The zero-order valence-electron chi connectivity index (χ0n) is 11.2. The first kappa shape index (κ1) is 11.9. The molecule has 0 spiro atoms. The molecular formula is C16H24N2. The van der Waals surface area contributed by atoms with Crippen LogP contribution in [0.3, 0.4) is 0 Å². The highest BCUT2D eigenvalue weighted by Gasteiger charge is 2.15. The second-order valence-electron chi connectivity index (χ2n) is 5.72. The van der Waals surface area contributed by atoms with E-state index in [9.17, 15) is 0 Å². The Labute approximate surface area is 110 Å². The molecule has 2 heteroatoms. The van der Waals surface area contributed by atoms with Gasteiger partial charge in [-0.1, -0.05) is 12.8 Å². The highest BCUT2D eigenvalue weighted by atomic mass is 15.1. The third-order valence-corrected chi connectivity index (χ3v) is 4.31. The molecule has 0 aromatic heterocycles. The smallest absolute Gasteiger partial charge is 0.0367 e. The maximum absolute atomic E-state index is 3.65. The Bertz CT molecular complexity index is 359. The van der Waals surface area contributed by atoms with Crippen LogP contribution in [0.2, 0.25) is 0 Å². The normalized spacial score (nSPS) is 21.2. The summed E-state index contributed by atoms with van der Waals surface area (Å²) < 4.78 is 0. The molecule has 0 unspecified atom stereocenters. The van der Waals surface area contributed by atoms with E-state index in [1.54, 1.807) is 0 Å². The van der Waals surface area contributed by atoms with Gasteiger partial charge in [-0.2, -0.15) is 0 Å². The molecule has 2 nitrogen and oxygen atoms in total. The fraction of sp³-hybridized carbons (Fsp3) is 0.625. The van der Waals surface area contributed by atoms with Gasteiger partial charge in [-0.3, -0.25) is 0 Å². The van der Waals surface area contributed by atoms with E-state index < -0.39 is 0 Å². The zero-order chi connectivity index (χ0) is 12.2. The van der Waals surface area contributed by atoms with Gasteiger partial charge in [0.05, 0.1) is 0 Å². The number of nitrogens with zero attached hydrogens (tertiary/aromatic N) is 1. The summed E-state index contributed by atoms with van der Waals surface area (Å²) in [6.45, 7) is 2.46. The summed E-state index contributed by atoms with van der Waals surface area (Å²) in [6.07, 6.45) is 9.57. The second kappa shape index (κ2) is 5.64. The summed E-state index contributed by atoms with van der Waals surface area (Å²) in [6, 6.07) is 9.78. The lowest BCUT2D eigenvalue weighted by molar-refractivity contribution is 0.578. The van der Waals surface area contributed by atoms with Crippen molar-refractivity contribution in [3.8, 4) is 0 Å². The van der Waals surface area contributed by atoms with Crippen LogP contribution in [0.1, 0.15) is 44.9 Å². The summed E-state index contributed by atoms with van der Waals surface area (Å²) >= 11 is 0. The molecule has 3 rings (SSSR count). The van der Waals surface area contributed by atoms with Crippen LogP contribution in [-0.2, 0) is 0 Å². The lowest BCUT2D eigenvalue weighted by Crippen LogP contribution is -2.29. The second-order valence-corrected chi connectivity index (χ2v) is 5.72. The number of anilines is 2. The Morgan fingerprint density at radius 1 is 0.833 bits per heavy atom. The van der Waals surface area contributed by atoms with Crippen LogP contribution in [0.25, 0.3) is 0 Å². The average Bonchev–Trinajstić information content (AvgIpc) is 2.94. The van der Waals surface area contributed by atoms with Crippen molar-refractivity contribution in [1.29, 1.82) is 0 Å². The fourth-order valence-electron chi connectivity index (χ4n) is 3.23. The summed E-state index contributed by atoms with van der Waals surface area (Å²) in [5.41, 5.74) is 2.69. The molecule has 1 saturated heterocycles. The van der Waals surface area contributed by atoms with E-state index >= 15 is 0 Å². The third kappa shape index (κ3) is 2.80. The van der Waals surface area contributed by atoms with Crippen LogP contribution in [0.5, 0.6) is 0 Å². The minimum absolute atomic E-state index is 0.714. The van der Waals surface area contributed by atoms with Crippen LogP contribution in [0, 0.1) is 0 Å². The molecule has 0 bridgehead atoms. The van der Waals surface area contributed by atoms with Gasteiger partial charge in [-0.15, -0.1) is 0 Å². The number of nitrogens with one attached hydrogen (secondary N) is 1. The van der Waals surface area contributed by atoms with E-state index in [0.29, 0.717) is 6.04 Å². The van der Waals surface area contributed by atoms with Crippen molar-refractivity contribution in [2.45, 2.75) is 51.0 Å². The Morgan fingerprint density at radius 2 is 1.50 bits per heavy atom. The van der Waals surface area contributed by atoms with E-state index in [4.69, 9.17) is 0 Å². The van der Waals surface area contributed by atoms with E-state index in [-0.39, 0.29) is 0 Å². The molecule has 1 N–H and O–H groups in total. The predicted octanol–water partition coefficient (Wildman–Crippen LogP) is 4.03. The first-order valence-corrected chi connectivity index (χ1v) is 7.53. The Balaban J connectivity index is 1.60.